The zero-order valence-corrected chi connectivity index (χ0v) is 20.0. The van der Waals surface area contributed by atoms with Gasteiger partial charge in [-0.05, 0) is 48.9 Å². The Balaban J connectivity index is 1.64. The van der Waals surface area contributed by atoms with E-state index in [-0.39, 0.29) is 41.1 Å². The highest BCUT2D eigenvalue weighted by molar-refractivity contribution is 5.74. The number of hydrogen-bond donors (Lipinski definition) is 1. The van der Waals surface area contributed by atoms with E-state index in [9.17, 15) is 18.0 Å². The van der Waals surface area contributed by atoms with Gasteiger partial charge in [0.15, 0.2) is 5.65 Å². The van der Waals surface area contributed by atoms with Crippen molar-refractivity contribution in [2.45, 2.75) is 19.5 Å². The van der Waals surface area contributed by atoms with Crippen LogP contribution in [0.4, 0.5) is 19.1 Å². The molecule has 0 unspecified atom stereocenters. The SMILES string of the molecule is COc1cccc(-n2c(=O)n(Cc3c(F)cccc3F)c3cnc(N[C@@H](C)c4ccc(F)cc4)nc32)c1. The van der Waals surface area contributed by atoms with Crippen molar-refractivity contribution in [1.29, 1.82) is 0 Å². The van der Waals surface area contributed by atoms with Gasteiger partial charge in [-0.15, -0.1) is 0 Å². The molecule has 0 aliphatic rings. The average molecular weight is 506 g/mol. The number of nitrogens with one attached hydrogen (secondary N) is 1. The van der Waals surface area contributed by atoms with Gasteiger partial charge < -0.3 is 10.1 Å². The second-order valence-corrected chi connectivity index (χ2v) is 8.43. The number of imidazole rings is 1. The monoisotopic (exact) mass is 505 g/mol. The number of fused-ring (bicyclic) bond motifs is 1. The molecule has 1 atom stereocenters. The average Bonchev–Trinajstić information content (AvgIpc) is 3.16. The Morgan fingerprint density at radius 3 is 2.41 bits per heavy atom. The van der Waals surface area contributed by atoms with Gasteiger partial charge in [-0.3, -0.25) is 4.57 Å². The predicted octanol–water partition coefficient (Wildman–Crippen LogP) is 5.23. The van der Waals surface area contributed by atoms with Crippen LogP contribution in [-0.2, 0) is 6.54 Å². The first-order valence-corrected chi connectivity index (χ1v) is 11.4. The first-order chi connectivity index (χ1) is 17.9. The topological polar surface area (TPSA) is 74.0 Å². The van der Waals surface area contributed by atoms with Crippen LogP contribution in [0.25, 0.3) is 16.9 Å². The van der Waals surface area contributed by atoms with E-state index in [1.165, 1.54) is 40.6 Å². The number of anilines is 1. The maximum Gasteiger partial charge on any atom is 0.335 e. The minimum atomic E-state index is -0.762. The van der Waals surface area contributed by atoms with Crippen LogP contribution in [-0.4, -0.2) is 26.2 Å². The molecule has 3 aromatic carbocycles. The van der Waals surface area contributed by atoms with Crippen LogP contribution in [0.3, 0.4) is 0 Å². The molecule has 0 saturated carbocycles. The lowest BCUT2D eigenvalue weighted by molar-refractivity contribution is 0.414. The summed E-state index contributed by atoms with van der Waals surface area (Å²) >= 11 is 0. The van der Waals surface area contributed by atoms with Gasteiger partial charge in [-0.25, -0.2) is 27.5 Å². The molecule has 10 heteroatoms. The zero-order chi connectivity index (χ0) is 26.1. The lowest BCUT2D eigenvalue weighted by atomic mass is 10.1. The standard InChI is InChI=1S/C27H22F3N5O2/c1-16(17-9-11-18(28)12-10-17)32-26-31-14-24-25(33-26)35(19-5-3-6-20(13-19)37-2)27(36)34(24)15-21-22(29)7-4-8-23(21)30/h3-14,16H,15H2,1-2H3,(H,31,32,33)/t16-/m0/s1. The normalized spacial score (nSPS) is 12.0. The second-order valence-electron chi connectivity index (χ2n) is 8.43. The van der Waals surface area contributed by atoms with Crippen molar-refractivity contribution in [2.75, 3.05) is 12.4 Å². The van der Waals surface area contributed by atoms with Crippen LogP contribution in [0.5, 0.6) is 5.75 Å². The molecule has 2 aromatic heterocycles. The molecule has 37 heavy (non-hydrogen) atoms. The summed E-state index contributed by atoms with van der Waals surface area (Å²) in [7, 11) is 1.51. The van der Waals surface area contributed by atoms with Gasteiger partial charge in [0, 0.05) is 11.6 Å². The van der Waals surface area contributed by atoms with Crippen LogP contribution in [0.2, 0.25) is 0 Å². The summed E-state index contributed by atoms with van der Waals surface area (Å²) in [4.78, 5) is 22.5. The molecule has 188 valence electrons. The summed E-state index contributed by atoms with van der Waals surface area (Å²) in [6, 6.07) is 16.1. The highest BCUT2D eigenvalue weighted by atomic mass is 19.1. The maximum absolute atomic E-state index is 14.4. The summed E-state index contributed by atoms with van der Waals surface area (Å²) in [5.41, 5.74) is 0.987. The van der Waals surface area contributed by atoms with E-state index < -0.39 is 17.3 Å². The summed E-state index contributed by atoms with van der Waals surface area (Å²) in [5.74, 6) is -1.13. The summed E-state index contributed by atoms with van der Waals surface area (Å²) < 4.78 is 50.1. The Bertz CT molecular complexity index is 1630. The highest BCUT2D eigenvalue weighted by Crippen LogP contribution is 2.24. The molecule has 0 bridgehead atoms. The van der Waals surface area contributed by atoms with E-state index in [1.54, 1.807) is 36.4 Å². The number of ether oxygens (including phenoxy) is 1. The van der Waals surface area contributed by atoms with Crippen LogP contribution >= 0.6 is 0 Å². The fourth-order valence-electron chi connectivity index (χ4n) is 4.11. The first-order valence-electron chi connectivity index (χ1n) is 11.4. The lowest BCUT2D eigenvalue weighted by Crippen LogP contribution is -2.24. The highest BCUT2D eigenvalue weighted by Gasteiger charge is 2.21. The van der Waals surface area contributed by atoms with Gasteiger partial charge in [-0.2, -0.15) is 4.98 Å². The Morgan fingerprint density at radius 2 is 1.70 bits per heavy atom. The summed E-state index contributed by atoms with van der Waals surface area (Å²) in [5, 5.41) is 3.15. The number of rotatable bonds is 7. The van der Waals surface area contributed by atoms with Crippen molar-refractivity contribution >= 4 is 17.1 Å². The second kappa shape index (κ2) is 9.81. The van der Waals surface area contributed by atoms with Crippen LogP contribution in [0.1, 0.15) is 24.1 Å². The summed E-state index contributed by atoms with van der Waals surface area (Å²) in [6.07, 6.45) is 1.43. The number of halogens is 3. The quantitative estimate of drug-likeness (QED) is 0.328. The van der Waals surface area contributed by atoms with E-state index in [0.29, 0.717) is 11.4 Å². The van der Waals surface area contributed by atoms with Crippen molar-refractivity contribution < 1.29 is 17.9 Å². The van der Waals surface area contributed by atoms with Crippen LogP contribution < -0.4 is 15.7 Å². The van der Waals surface area contributed by atoms with Gasteiger partial charge in [-0.1, -0.05) is 24.3 Å². The van der Waals surface area contributed by atoms with Crippen molar-refractivity contribution in [3.05, 3.63) is 112 Å². The molecule has 5 aromatic rings. The molecule has 0 spiro atoms. The largest absolute Gasteiger partial charge is 0.497 e. The Kier molecular flexibility index (Phi) is 6.39. The number of hydrogen-bond acceptors (Lipinski definition) is 5. The third-order valence-electron chi connectivity index (χ3n) is 6.08. The van der Waals surface area contributed by atoms with Gasteiger partial charge in [0.05, 0.1) is 31.6 Å². The number of nitrogens with zero attached hydrogens (tertiary/aromatic N) is 4. The third-order valence-corrected chi connectivity index (χ3v) is 6.08. The number of methoxy groups -OCH3 is 1. The number of aromatic nitrogens is 4. The molecule has 1 N–H and O–H groups in total. The lowest BCUT2D eigenvalue weighted by Gasteiger charge is -2.14. The van der Waals surface area contributed by atoms with Crippen molar-refractivity contribution in [3.63, 3.8) is 0 Å². The van der Waals surface area contributed by atoms with E-state index >= 15 is 0 Å². The van der Waals surface area contributed by atoms with E-state index in [1.807, 2.05) is 6.92 Å². The minimum Gasteiger partial charge on any atom is -0.497 e. The van der Waals surface area contributed by atoms with E-state index in [0.717, 1.165) is 17.7 Å². The molecular weight excluding hydrogens is 483 g/mol. The van der Waals surface area contributed by atoms with E-state index in [4.69, 9.17) is 4.74 Å². The molecule has 0 saturated heterocycles. The van der Waals surface area contributed by atoms with Crippen molar-refractivity contribution in [3.8, 4) is 11.4 Å². The Labute approximate surface area is 209 Å². The van der Waals surface area contributed by atoms with Crippen molar-refractivity contribution in [2.24, 2.45) is 0 Å². The van der Waals surface area contributed by atoms with Crippen LogP contribution in [0, 0.1) is 17.5 Å². The molecule has 5 rings (SSSR count). The first kappa shape index (κ1) is 24.1. The predicted molar refractivity (Wildman–Crippen MR) is 134 cm³/mol. The zero-order valence-electron chi connectivity index (χ0n) is 20.0. The molecule has 7 nitrogen and oxygen atoms in total. The Morgan fingerprint density at radius 1 is 1.00 bits per heavy atom. The smallest absolute Gasteiger partial charge is 0.335 e. The fourth-order valence-corrected chi connectivity index (χ4v) is 4.11. The fraction of sp³-hybridized carbons (Fsp3) is 0.148. The Hall–Kier alpha value is -4.60. The molecule has 0 aliphatic heterocycles. The van der Waals surface area contributed by atoms with E-state index in [2.05, 4.69) is 15.3 Å². The van der Waals surface area contributed by atoms with Gasteiger partial charge in [0.2, 0.25) is 5.95 Å². The molecule has 0 radical (unpaired) electrons. The maximum atomic E-state index is 14.4. The van der Waals surface area contributed by atoms with Gasteiger partial charge >= 0.3 is 5.69 Å². The van der Waals surface area contributed by atoms with Crippen molar-refractivity contribution in [1.82, 2.24) is 19.1 Å². The molecule has 2 heterocycles. The minimum absolute atomic E-state index is 0.218. The van der Waals surface area contributed by atoms with Gasteiger partial charge in [0.1, 0.15) is 28.7 Å². The summed E-state index contributed by atoms with van der Waals surface area (Å²) in [6.45, 7) is 1.51. The third kappa shape index (κ3) is 4.65. The molecular formula is C27H22F3N5O2. The molecule has 0 amide bonds. The number of benzene rings is 3. The van der Waals surface area contributed by atoms with Crippen LogP contribution in [0.15, 0.2) is 77.7 Å². The molecule has 0 aliphatic carbocycles. The molecule has 0 fully saturated rings. The van der Waals surface area contributed by atoms with Gasteiger partial charge in [0.25, 0.3) is 0 Å².